The second-order valence-electron chi connectivity index (χ2n) is 4.44. The van der Waals surface area contributed by atoms with Gasteiger partial charge < -0.3 is 10.1 Å². The van der Waals surface area contributed by atoms with E-state index in [-0.39, 0.29) is 0 Å². The van der Waals surface area contributed by atoms with Crippen LogP contribution in [0.5, 0.6) is 5.75 Å². The van der Waals surface area contributed by atoms with Crippen LogP contribution in [0.25, 0.3) is 0 Å². The number of piperazine rings is 1. The van der Waals surface area contributed by atoms with Crippen LogP contribution in [0, 0.1) is 6.92 Å². The molecule has 0 saturated carbocycles. The largest absolute Gasteiger partial charge is 0.496 e. The van der Waals surface area contributed by atoms with Crippen molar-refractivity contribution in [1.29, 1.82) is 0 Å². The van der Waals surface area contributed by atoms with Gasteiger partial charge in [-0.25, -0.2) is 0 Å². The van der Waals surface area contributed by atoms with Crippen molar-refractivity contribution in [2.75, 3.05) is 33.3 Å². The van der Waals surface area contributed by atoms with Crippen molar-refractivity contribution in [2.24, 2.45) is 0 Å². The summed E-state index contributed by atoms with van der Waals surface area (Å²) < 4.78 is 5.47. The number of halogens is 1. The molecule has 0 radical (unpaired) electrons. The minimum atomic E-state index is 0.786. The minimum absolute atomic E-state index is 0.786. The second-order valence-corrected chi connectivity index (χ2v) is 4.88. The van der Waals surface area contributed by atoms with Gasteiger partial charge in [-0.05, 0) is 24.6 Å². The summed E-state index contributed by atoms with van der Waals surface area (Å²) in [6.07, 6.45) is 0. The molecule has 1 aromatic rings. The van der Waals surface area contributed by atoms with Crippen LogP contribution in [0.15, 0.2) is 12.1 Å². The molecular formula is C13H19ClN2O. The highest BCUT2D eigenvalue weighted by molar-refractivity contribution is 6.30. The van der Waals surface area contributed by atoms with Gasteiger partial charge >= 0.3 is 0 Å². The zero-order chi connectivity index (χ0) is 12.3. The first-order valence-electron chi connectivity index (χ1n) is 5.97. The summed E-state index contributed by atoms with van der Waals surface area (Å²) in [6, 6.07) is 3.96. The standard InChI is InChI=1S/C13H19ClN2O/c1-10-7-12(14)8-11(13(10)17-2)9-16-5-3-15-4-6-16/h7-8,15H,3-6,9H2,1-2H3. The number of hydrogen-bond donors (Lipinski definition) is 1. The summed E-state index contributed by atoms with van der Waals surface area (Å²) in [6.45, 7) is 7.21. The van der Waals surface area contributed by atoms with E-state index in [1.165, 1.54) is 5.56 Å². The Bertz CT molecular complexity index is 389. The van der Waals surface area contributed by atoms with Gasteiger partial charge in [-0.15, -0.1) is 0 Å². The Hall–Kier alpha value is -0.770. The van der Waals surface area contributed by atoms with Gasteiger partial charge in [0.1, 0.15) is 5.75 Å². The number of ether oxygens (including phenoxy) is 1. The predicted molar refractivity (Wildman–Crippen MR) is 70.9 cm³/mol. The topological polar surface area (TPSA) is 24.5 Å². The summed E-state index contributed by atoms with van der Waals surface area (Å²) >= 11 is 6.11. The van der Waals surface area contributed by atoms with E-state index in [4.69, 9.17) is 16.3 Å². The maximum Gasteiger partial charge on any atom is 0.126 e. The van der Waals surface area contributed by atoms with Crippen LogP contribution in [-0.2, 0) is 6.54 Å². The number of benzene rings is 1. The maximum atomic E-state index is 6.11. The fraction of sp³-hybridized carbons (Fsp3) is 0.538. The molecule has 17 heavy (non-hydrogen) atoms. The molecular weight excluding hydrogens is 236 g/mol. The molecule has 0 aromatic heterocycles. The third-order valence-corrected chi connectivity index (χ3v) is 3.34. The Balaban J connectivity index is 2.18. The molecule has 94 valence electrons. The molecule has 0 bridgehead atoms. The zero-order valence-electron chi connectivity index (χ0n) is 10.4. The molecule has 4 heteroatoms. The Morgan fingerprint density at radius 3 is 2.71 bits per heavy atom. The molecule has 1 N–H and O–H groups in total. The molecule has 0 atom stereocenters. The highest BCUT2D eigenvalue weighted by Crippen LogP contribution is 2.28. The summed E-state index contributed by atoms with van der Waals surface area (Å²) in [5.74, 6) is 0.966. The van der Waals surface area contributed by atoms with Crippen LogP contribution in [0.1, 0.15) is 11.1 Å². The molecule has 0 spiro atoms. The van der Waals surface area contributed by atoms with E-state index in [0.29, 0.717) is 0 Å². The third kappa shape index (κ3) is 3.12. The third-order valence-electron chi connectivity index (χ3n) is 3.12. The van der Waals surface area contributed by atoms with Crippen molar-refractivity contribution in [1.82, 2.24) is 10.2 Å². The fourth-order valence-electron chi connectivity index (χ4n) is 2.32. The van der Waals surface area contributed by atoms with E-state index < -0.39 is 0 Å². The summed E-state index contributed by atoms with van der Waals surface area (Å²) in [5, 5.41) is 4.14. The van der Waals surface area contributed by atoms with Crippen molar-refractivity contribution >= 4 is 11.6 Å². The van der Waals surface area contributed by atoms with Crippen molar-refractivity contribution in [3.8, 4) is 5.75 Å². The second kappa shape index (κ2) is 5.71. The molecule has 1 aliphatic heterocycles. The van der Waals surface area contributed by atoms with Crippen LogP contribution in [0.4, 0.5) is 0 Å². The van der Waals surface area contributed by atoms with Gasteiger partial charge in [-0.1, -0.05) is 11.6 Å². The summed E-state index contributed by atoms with van der Waals surface area (Å²) in [7, 11) is 1.72. The first-order valence-corrected chi connectivity index (χ1v) is 6.34. The Morgan fingerprint density at radius 1 is 1.35 bits per heavy atom. The number of hydrogen-bond acceptors (Lipinski definition) is 3. The lowest BCUT2D eigenvalue weighted by molar-refractivity contribution is 0.230. The van der Waals surface area contributed by atoms with Crippen LogP contribution >= 0.6 is 11.6 Å². The van der Waals surface area contributed by atoms with Crippen LogP contribution in [0.2, 0.25) is 5.02 Å². The predicted octanol–water partition coefficient (Wildman–Crippen LogP) is 2.06. The Kier molecular flexibility index (Phi) is 4.26. The summed E-state index contributed by atoms with van der Waals surface area (Å²) in [4.78, 5) is 2.42. The molecule has 1 aliphatic rings. The lowest BCUT2D eigenvalue weighted by Crippen LogP contribution is -2.42. The fourth-order valence-corrected chi connectivity index (χ4v) is 2.61. The first-order chi connectivity index (χ1) is 8.20. The Labute approximate surface area is 108 Å². The molecule has 0 unspecified atom stereocenters. The summed E-state index contributed by atoms with van der Waals surface area (Å²) in [5.41, 5.74) is 2.28. The van der Waals surface area contributed by atoms with Crippen molar-refractivity contribution in [3.63, 3.8) is 0 Å². The van der Waals surface area contributed by atoms with Crippen molar-refractivity contribution in [3.05, 3.63) is 28.3 Å². The van der Waals surface area contributed by atoms with Gasteiger partial charge in [0.15, 0.2) is 0 Å². The number of nitrogens with one attached hydrogen (secondary N) is 1. The van der Waals surface area contributed by atoms with E-state index >= 15 is 0 Å². The van der Waals surface area contributed by atoms with E-state index in [1.807, 2.05) is 19.1 Å². The van der Waals surface area contributed by atoms with Crippen LogP contribution in [-0.4, -0.2) is 38.2 Å². The molecule has 1 saturated heterocycles. The number of aryl methyl sites for hydroxylation is 1. The minimum Gasteiger partial charge on any atom is -0.496 e. The van der Waals surface area contributed by atoms with E-state index in [0.717, 1.165) is 49.1 Å². The SMILES string of the molecule is COc1c(C)cc(Cl)cc1CN1CCNCC1. The monoisotopic (exact) mass is 254 g/mol. The molecule has 3 nitrogen and oxygen atoms in total. The van der Waals surface area contributed by atoms with Gasteiger partial charge in [0.2, 0.25) is 0 Å². The maximum absolute atomic E-state index is 6.11. The molecule has 1 heterocycles. The quantitative estimate of drug-likeness (QED) is 0.894. The van der Waals surface area contributed by atoms with E-state index in [2.05, 4.69) is 10.2 Å². The van der Waals surface area contributed by atoms with E-state index in [9.17, 15) is 0 Å². The average Bonchev–Trinajstić information content (AvgIpc) is 2.30. The lowest BCUT2D eigenvalue weighted by Gasteiger charge is -2.28. The number of rotatable bonds is 3. The lowest BCUT2D eigenvalue weighted by atomic mass is 10.1. The van der Waals surface area contributed by atoms with Gasteiger partial charge in [0.05, 0.1) is 7.11 Å². The molecule has 0 amide bonds. The highest BCUT2D eigenvalue weighted by Gasteiger charge is 2.14. The molecule has 0 aliphatic carbocycles. The zero-order valence-corrected chi connectivity index (χ0v) is 11.2. The molecule has 1 aromatic carbocycles. The van der Waals surface area contributed by atoms with Gasteiger partial charge in [0, 0.05) is 43.3 Å². The van der Waals surface area contributed by atoms with Gasteiger partial charge in [-0.3, -0.25) is 4.90 Å². The number of methoxy groups -OCH3 is 1. The van der Waals surface area contributed by atoms with E-state index in [1.54, 1.807) is 7.11 Å². The van der Waals surface area contributed by atoms with Gasteiger partial charge in [-0.2, -0.15) is 0 Å². The normalized spacial score (nSPS) is 17.1. The first kappa shape index (κ1) is 12.7. The van der Waals surface area contributed by atoms with Gasteiger partial charge in [0.25, 0.3) is 0 Å². The van der Waals surface area contributed by atoms with Crippen molar-refractivity contribution in [2.45, 2.75) is 13.5 Å². The molecule has 2 rings (SSSR count). The Morgan fingerprint density at radius 2 is 2.06 bits per heavy atom. The van der Waals surface area contributed by atoms with Crippen molar-refractivity contribution < 1.29 is 4.74 Å². The average molecular weight is 255 g/mol. The van der Waals surface area contributed by atoms with Crippen LogP contribution < -0.4 is 10.1 Å². The smallest absolute Gasteiger partial charge is 0.126 e. The number of nitrogens with zero attached hydrogens (tertiary/aromatic N) is 1. The van der Waals surface area contributed by atoms with Crippen LogP contribution in [0.3, 0.4) is 0 Å². The molecule has 1 fully saturated rings. The highest BCUT2D eigenvalue weighted by atomic mass is 35.5.